The van der Waals surface area contributed by atoms with Crippen LogP contribution in [0.4, 0.5) is 0 Å². The van der Waals surface area contributed by atoms with E-state index in [1.54, 1.807) is 91.0 Å². The minimum atomic E-state index is -3.50. The summed E-state index contributed by atoms with van der Waals surface area (Å²) >= 11 is 0. The Morgan fingerprint density at radius 1 is 0.609 bits per heavy atom. The van der Waals surface area contributed by atoms with Gasteiger partial charge in [0, 0.05) is 20.1 Å². The van der Waals surface area contributed by atoms with Crippen molar-refractivity contribution in [2.75, 3.05) is 0 Å². The van der Waals surface area contributed by atoms with E-state index in [0.29, 0.717) is 17.6 Å². The van der Waals surface area contributed by atoms with Crippen LogP contribution in [-0.2, 0) is 32.5 Å². The molecule has 0 aliphatic heterocycles. The molecule has 0 aromatic heterocycles. The highest BCUT2D eigenvalue weighted by Crippen LogP contribution is 2.30. The SMILES string of the molecule is C[Si](C)(C)C.N#CC1=CCCc2cc(S(=O)(=O)c3ccccc3)ccc21.O=C1CCCc2cc(S(=O)(=O)c3ccccc3)ccc21. The number of carbonyl (C=O) groups excluding carboxylic acids is 1. The third-order valence-corrected chi connectivity index (χ3v) is 10.7. The largest absolute Gasteiger partial charge is 0.294 e. The predicted octanol–water partition coefficient (Wildman–Crippen LogP) is 8.37. The van der Waals surface area contributed by atoms with E-state index in [2.05, 4.69) is 32.3 Å². The number of nitrogens with zero attached hydrogens (tertiary/aromatic N) is 1. The Hall–Kier alpha value is -4.10. The molecule has 6 nitrogen and oxygen atoms in total. The number of fused-ring (bicyclic) bond motifs is 2. The molecule has 0 N–H and O–H groups in total. The van der Waals surface area contributed by atoms with E-state index < -0.39 is 27.7 Å². The molecule has 0 amide bonds. The van der Waals surface area contributed by atoms with Crippen LogP contribution in [0.5, 0.6) is 0 Å². The lowest BCUT2D eigenvalue weighted by Crippen LogP contribution is -2.12. The minimum absolute atomic E-state index is 0.106. The van der Waals surface area contributed by atoms with E-state index in [9.17, 15) is 21.6 Å². The summed E-state index contributed by atoms with van der Waals surface area (Å²) in [6, 6.07) is 28.7. The summed E-state index contributed by atoms with van der Waals surface area (Å²) in [6.07, 6.45) is 5.54. The third kappa shape index (κ3) is 8.58. The van der Waals surface area contributed by atoms with Gasteiger partial charge in [0.1, 0.15) is 0 Å². The van der Waals surface area contributed by atoms with Gasteiger partial charge >= 0.3 is 0 Å². The molecule has 0 spiro atoms. The van der Waals surface area contributed by atoms with Crippen molar-refractivity contribution in [2.24, 2.45) is 0 Å². The molecule has 4 aromatic carbocycles. The molecule has 238 valence electrons. The summed E-state index contributed by atoms with van der Waals surface area (Å²) in [4.78, 5) is 12.9. The fourth-order valence-corrected chi connectivity index (χ4v) is 7.72. The average molecular weight is 670 g/mol. The van der Waals surface area contributed by atoms with Gasteiger partial charge < -0.3 is 0 Å². The van der Waals surface area contributed by atoms with E-state index in [0.717, 1.165) is 42.4 Å². The Kier molecular flexibility index (Phi) is 11.0. The number of sulfone groups is 2. The minimum Gasteiger partial charge on any atom is -0.294 e. The van der Waals surface area contributed by atoms with Crippen molar-refractivity contribution in [1.82, 2.24) is 0 Å². The predicted molar refractivity (Wildman–Crippen MR) is 185 cm³/mol. The number of nitriles is 1. The van der Waals surface area contributed by atoms with Crippen molar-refractivity contribution < 1.29 is 21.6 Å². The molecule has 9 heteroatoms. The van der Waals surface area contributed by atoms with Crippen LogP contribution in [0, 0.1) is 11.3 Å². The second kappa shape index (κ2) is 14.5. The van der Waals surface area contributed by atoms with Crippen molar-refractivity contribution in [2.45, 2.75) is 77.9 Å². The lowest BCUT2D eigenvalue weighted by molar-refractivity contribution is 0.0972. The van der Waals surface area contributed by atoms with Gasteiger partial charge in [0.25, 0.3) is 0 Å². The van der Waals surface area contributed by atoms with Gasteiger partial charge in [-0.15, -0.1) is 0 Å². The number of benzene rings is 4. The molecule has 0 radical (unpaired) electrons. The molecule has 46 heavy (non-hydrogen) atoms. The first-order valence-corrected chi connectivity index (χ1v) is 22.2. The van der Waals surface area contributed by atoms with Crippen LogP contribution in [0.3, 0.4) is 0 Å². The highest BCUT2D eigenvalue weighted by Gasteiger charge is 2.23. The van der Waals surface area contributed by atoms with E-state index in [1.807, 2.05) is 6.08 Å². The molecule has 4 aromatic rings. The molecule has 0 heterocycles. The summed E-state index contributed by atoms with van der Waals surface area (Å²) in [5, 5.41) is 9.11. The molecule has 0 fully saturated rings. The van der Waals surface area contributed by atoms with Gasteiger partial charge in [-0.05, 0) is 97.0 Å². The number of rotatable bonds is 4. The lowest BCUT2D eigenvalue weighted by atomic mass is 9.91. The van der Waals surface area contributed by atoms with Crippen molar-refractivity contribution >= 4 is 39.1 Å². The van der Waals surface area contributed by atoms with Gasteiger partial charge in [0.15, 0.2) is 5.78 Å². The van der Waals surface area contributed by atoms with E-state index in [1.165, 1.54) is 6.07 Å². The van der Waals surface area contributed by atoms with Gasteiger partial charge in [0.2, 0.25) is 19.7 Å². The number of hydrogen-bond acceptors (Lipinski definition) is 6. The summed E-state index contributed by atoms with van der Waals surface area (Å²) in [5.41, 5.74) is 3.91. The average Bonchev–Trinajstić information content (AvgIpc) is 3.04. The van der Waals surface area contributed by atoms with Gasteiger partial charge in [-0.1, -0.05) is 74.7 Å². The monoisotopic (exact) mass is 669 g/mol. The summed E-state index contributed by atoms with van der Waals surface area (Å²) < 4.78 is 50.2. The van der Waals surface area contributed by atoms with Crippen LogP contribution >= 0.6 is 0 Å². The summed E-state index contributed by atoms with van der Waals surface area (Å²) in [5.74, 6) is 0.106. The van der Waals surface area contributed by atoms with Gasteiger partial charge in [0.05, 0.1) is 31.2 Å². The number of allylic oxidation sites excluding steroid dienone is 2. The molecular formula is C37H39NO5S2Si. The summed E-state index contributed by atoms with van der Waals surface area (Å²) in [6.45, 7) is 9.31. The van der Waals surface area contributed by atoms with Crippen molar-refractivity contribution in [3.63, 3.8) is 0 Å². The van der Waals surface area contributed by atoms with Gasteiger partial charge in [-0.3, -0.25) is 4.79 Å². The normalized spacial score (nSPS) is 14.2. The Bertz CT molecular complexity index is 2000. The van der Waals surface area contributed by atoms with Gasteiger partial charge in [-0.25, -0.2) is 16.8 Å². The van der Waals surface area contributed by atoms with Crippen LogP contribution < -0.4 is 0 Å². The molecule has 2 aliphatic carbocycles. The molecule has 2 aliphatic rings. The van der Waals surface area contributed by atoms with Gasteiger partial charge in [-0.2, -0.15) is 5.26 Å². The zero-order valence-corrected chi connectivity index (χ0v) is 29.3. The second-order valence-electron chi connectivity index (χ2n) is 12.8. The van der Waals surface area contributed by atoms with Crippen molar-refractivity contribution in [3.8, 4) is 6.07 Å². The molecule has 0 bridgehead atoms. The third-order valence-electron chi connectivity index (χ3n) is 7.20. The highest BCUT2D eigenvalue weighted by molar-refractivity contribution is 7.91. The van der Waals surface area contributed by atoms with Crippen molar-refractivity contribution in [3.05, 3.63) is 125 Å². The Morgan fingerprint density at radius 3 is 1.54 bits per heavy atom. The summed E-state index contributed by atoms with van der Waals surface area (Å²) in [7, 11) is -7.61. The van der Waals surface area contributed by atoms with Crippen molar-refractivity contribution in [1.29, 1.82) is 5.26 Å². The maximum absolute atomic E-state index is 12.6. The molecular weight excluding hydrogens is 631 g/mol. The van der Waals surface area contributed by atoms with E-state index >= 15 is 0 Å². The molecule has 0 atom stereocenters. The lowest BCUT2D eigenvalue weighted by Gasteiger charge is -2.15. The molecule has 0 unspecified atom stereocenters. The molecule has 0 saturated carbocycles. The quantitative estimate of drug-likeness (QED) is 0.202. The Labute approximate surface area is 274 Å². The fraction of sp³-hybridized carbons (Fsp3) is 0.243. The second-order valence-corrected chi connectivity index (χ2v) is 22.7. The van der Waals surface area contributed by atoms with E-state index in [-0.39, 0.29) is 25.4 Å². The Morgan fingerprint density at radius 2 is 1.07 bits per heavy atom. The maximum Gasteiger partial charge on any atom is 0.206 e. The first-order valence-electron chi connectivity index (χ1n) is 15.2. The smallest absolute Gasteiger partial charge is 0.206 e. The standard InChI is InChI=1S/C17H13NO2S.C16H14O3S.C4H12Si/c18-12-14-6-4-5-13-11-16(9-10-17(13)14)21(19,20)15-7-2-1-3-8-15;17-16-8-4-5-12-11-14(9-10-15(12)16)20(18,19)13-6-2-1-3-7-13;1-5(2,3)4/h1-3,6-11H,4-5H2;1-3,6-7,9-11H,4-5,8H2;1-4H3. The highest BCUT2D eigenvalue weighted by atomic mass is 32.2. The number of hydrogen-bond donors (Lipinski definition) is 0. The Balaban J connectivity index is 0.000000183. The van der Waals surface area contributed by atoms with Crippen LogP contribution in [0.1, 0.15) is 46.3 Å². The van der Waals surface area contributed by atoms with Crippen LogP contribution in [0.25, 0.3) is 5.57 Å². The fourth-order valence-electron chi connectivity index (χ4n) is 5.06. The van der Waals surface area contributed by atoms with Crippen LogP contribution in [-0.4, -0.2) is 30.7 Å². The number of carbonyl (C=O) groups is 1. The van der Waals surface area contributed by atoms with Crippen LogP contribution in [0.15, 0.2) is 123 Å². The number of ketones is 1. The topological polar surface area (TPSA) is 109 Å². The van der Waals surface area contributed by atoms with Crippen LogP contribution in [0.2, 0.25) is 26.2 Å². The molecule has 6 rings (SSSR count). The zero-order chi connectivity index (χ0) is 33.5. The molecule has 0 saturated heterocycles. The zero-order valence-electron chi connectivity index (χ0n) is 26.7. The first-order chi connectivity index (χ1) is 21.7. The maximum atomic E-state index is 12.6. The van der Waals surface area contributed by atoms with E-state index in [4.69, 9.17) is 5.26 Å². The number of Topliss-reactive ketones (excluding diaryl/α,β-unsaturated/α-hetero) is 1. The first kappa shape index (κ1) is 34.8. The number of aryl methyl sites for hydroxylation is 2.